The number of carbonyl (C=O) groups is 1. The molecule has 1 saturated heterocycles. The summed E-state index contributed by atoms with van der Waals surface area (Å²) < 4.78 is 5.83. The van der Waals surface area contributed by atoms with Crippen LogP contribution in [0.5, 0.6) is 0 Å². The number of nitrogens with zero attached hydrogens (tertiary/aromatic N) is 3. The molecule has 136 valence electrons. The highest BCUT2D eigenvalue weighted by Crippen LogP contribution is 2.28. The lowest BCUT2D eigenvalue weighted by molar-refractivity contribution is -0.120. The lowest BCUT2D eigenvalue weighted by Crippen LogP contribution is -2.38. The van der Waals surface area contributed by atoms with Gasteiger partial charge in [0.25, 0.3) is 6.01 Å². The molecule has 0 unspecified atom stereocenters. The van der Waals surface area contributed by atoms with E-state index in [9.17, 15) is 4.79 Å². The fourth-order valence-corrected chi connectivity index (χ4v) is 4.02. The maximum absolute atomic E-state index is 12.5. The number of amides is 1. The van der Waals surface area contributed by atoms with Gasteiger partial charge in [-0.05, 0) is 30.9 Å². The molecule has 1 fully saturated rings. The van der Waals surface area contributed by atoms with Crippen molar-refractivity contribution < 1.29 is 9.21 Å². The van der Waals surface area contributed by atoms with E-state index in [1.54, 1.807) is 0 Å². The van der Waals surface area contributed by atoms with Crippen LogP contribution < -0.4 is 10.2 Å². The van der Waals surface area contributed by atoms with Gasteiger partial charge in [-0.1, -0.05) is 26.0 Å². The Bertz CT molecular complexity index is 876. The summed E-state index contributed by atoms with van der Waals surface area (Å²) in [5.74, 6) is 0.436. The van der Waals surface area contributed by atoms with Crippen molar-refractivity contribution >= 4 is 39.5 Å². The van der Waals surface area contributed by atoms with Gasteiger partial charge >= 0.3 is 0 Å². The molecule has 0 radical (unpaired) electrons. The standard InChI is InChI=1S/C19H22N4O2S/c1-12(2)15-11-26-18(20-15)22-17(24)13-7-9-23(10-8-13)19-21-14-5-3-4-6-16(14)25-19/h3-6,11-13H,7-10H2,1-2H3,(H,20,22,24). The summed E-state index contributed by atoms with van der Waals surface area (Å²) in [5.41, 5.74) is 2.69. The second kappa shape index (κ2) is 7.07. The van der Waals surface area contributed by atoms with Gasteiger partial charge in [0.1, 0.15) is 5.52 Å². The topological polar surface area (TPSA) is 71.3 Å². The average molecular weight is 370 g/mol. The second-order valence-corrected chi connectivity index (χ2v) is 7.81. The van der Waals surface area contributed by atoms with Crippen molar-refractivity contribution in [2.45, 2.75) is 32.6 Å². The summed E-state index contributed by atoms with van der Waals surface area (Å²) >= 11 is 1.49. The number of hydrogen-bond acceptors (Lipinski definition) is 6. The monoisotopic (exact) mass is 370 g/mol. The summed E-state index contributed by atoms with van der Waals surface area (Å²) in [7, 11) is 0. The van der Waals surface area contributed by atoms with Gasteiger partial charge in [-0.3, -0.25) is 4.79 Å². The second-order valence-electron chi connectivity index (χ2n) is 6.95. The fraction of sp³-hybridized carbons (Fsp3) is 0.421. The molecule has 3 heterocycles. The number of anilines is 2. The van der Waals surface area contributed by atoms with Gasteiger partial charge in [0.2, 0.25) is 5.91 Å². The van der Waals surface area contributed by atoms with Crippen LogP contribution in [0.1, 0.15) is 38.3 Å². The molecule has 0 spiro atoms. The van der Waals surface area contributed by atoms with Crippen molar-refractivity contribution in [3.05, 3.63) is 35.3 Å². The SMILES string of the molecule is CC(C)c1csc(NC(=O)C2CCN(c3nc4ccccc4o3)CC2)n1. The van der Waals surface area contributed by atoms with E-state index in [0.29, 0.717) is 17.1 Å². The highest BCUT2D eigenvalue weighted by molar-refractivity contribution is 7.13. The van der Waals surface area contributed by atoms with Gasteiger partial charge in [-0.25, -0.2) is 4.98 Å². The molecule has 1 aliphatic rings. The lowest BCUT2D eigenvalue weighted by atomic mass is 9.96. The molecule has 0 aliphatic carbocycles. The van der Waals surface area contributed by atoms with Crippen molar-refractivity contribution in [1.82, 2.24) is 9.97 Å². The normalized spacial score (nSPS) is 15.7. The molecule has 1 amide bonds. The van der Waals surface area contributed by atoms with Crippen LogP contribution >= 0.6 is 11.3 Å². The Morgan fingerprint density at radius 3 is 2.73 bits per heavy atom. The number of rotatable bonds is 4. The van der Waals surface area contributed by atoms with Gasteiger partial charge in [0.15, 0.2) is 10.7 Å². The van der Waals surface area contributed by atoms with Gasteiger partial charge in [0, 0.05) is 24.4 Å². The van der Waals surface area contributed by atoms with Gasteiger partial charge < -0.3 is 14.6 Å². The molecule has 1 aromatic carbocycles. The highest BCUT2D eigenvalue weighted by Gasteiger charge is 2.27. The van der Waals surface area contributed by atoms with Crippen molar-refractivity contribution in [2.24, 2.45) is 5.92 Å². The first kappa shape index (κ1) is 17.0. The number of fused-ring (bicyclic) bond motifs is 1. The number of nitrogens with one attached hydrogen (secondary N) is 1. The van der Waals surface area contributed by atoms with E-state index in [2.05, 4.69) is 34.0 Å². The molecule has 0 atom stereocenters. The molecule has 2 aromatic heterocycles. The number of thiazole rings is 1. The Kier molecular flexibility index (Phi) is 4.63. The Labute approximate surface area is 156 Å². The molecule has 3 aromatic rings. The Balaban J connectivity index is 1.35. The summed E-state index contributed by atoms with van der Waals surface area (Å²) in [6.45, 7) is 5.73. The number of oxazole rings is 1. The van der Waals surface area contributed by atoms with Gasteiger partial charge in [0.05, 0.1) is 5.69 Å². The average Bonchev–Trinajstić information content (AvgIpc) is 3.28. The highest BCUT2D eigenvalue weighted by atomic mass is 32.1. The zero-order chi connectivity index (χ0) is 18.1. The molecule has 1 aliphatic heterocycles. The van der Waals surface area contributed by atoms with Gasteiger partial charge in [-0.15, -0.1) is 11.3 Å². The van der Waals surface area contributed by atoms with E-state index in [0.717, 1.165) is 42.7 Å². The van der Waals surface area contributed by atoms with E-state index in [1.165, 1.54) is 11.3 Å². The van der Waals surface area contributed by atoms with Crippen LogP contribution in [0.2, 0.25) is 0 Å². The molecule has 0 bridgehead atoms. The predicted octanol–water partition coefficient (Wildman–Crippen LogP) is 4.26. The quantitative estimate of drug-likeness (QED) is 0.743. The van der Waals surface area contributed by atoms with Crippen LogP contribution in [-0.2, 0) is 4.79 Å². The first-order chi connectivity index (χ1) is 12.6. The van der Waals surface area contributed by atoms with Crippen molar-refractivity contribution in [2.75, 3.05) is 23.3 Å². The molecule has 0 saturated carbocycles. The number of aromatic nitrogens is 2. The van der Waals surface area contributed by atoms with E-state index in [1.807, 2.05) is 29.6 Å². The van der Waals surface area contributed by atoms with Crippen LogP contribution in [-0.4, -0.2) is 29.0 Å². The molecule has 6 nitrogen and oxygen atoms in total. The molecule has 7 heteroatoms. The number of hydrogen-bond donors (Lipinski definition) is 1. The Hall–Kier alpha value is -2.41. The summed E-state index contributed by atoms with van der Waals surface area (Å²) in [4.78, 5) is 23.7. The first-order valence-electron chi connectivity index (χ1n) is 8.97. The van der Waals surface area contributed by atoms with Crippen LogP contribution in [0.3, 0.4) is 0 Å². The van der Waals surface area contributed by atoms with Crippen molar-refractivity contribution in [1.29, 1.82) is 0 Å². The van der Waals surface area contributed by atoms with Gasteiger partial charge in [-0.2, -0.15) is 4.98 Å². The van der Waals surface area contributed by atoms with Crippen molar-refractivity contribution in [3.63, 3.8) is 0 Å². The fourth-order valence-electron chi connectivity index (χ4n) is 3.14. The smallest absolute Gasteiger partial charge is 0.298 e. The molecule has 1 N–H and O–H groups in total. The maximum Gasteiger partial charge on any atom is 0.298 e. The van der Waals surface area contributed by atoms with Crippen LogP contribution in [0.25, 0.3) is 11.1 Å². The number of benzene rings is 1. The summed E-state index contributed by atoms with van der Waals surface area (Å²) in [5, 5.41) is 5.68. The third kappa shape index (κ3) is 3.44. The largest absolute Gasteiger partial charge is 0.423 e. The minimum Gasteiger partial charge on any atom is -0.423 e. The Morgan fingerprint density at radius 2 is 2.04 bits per heavy atom. The molecule has 4 rings (SSSR count). The van der Waals surface area contributed by atoms with E-state index >= 15 is 0 Å². The number of carbonyl (C=O) groups excluding carboxylic acids is 1. The van der Waals surface area contributed by atoms with Crippen LogP contribution in [0.4, 0.5) is 11.1 Å². The predicted molar refractivity (Wildman–Crippen MR) is 104 cm³/mol. The van der Waals surface area contributed by atoms with E-state index < -0.39 is 0 Å². The lowest BCUT2D eigenvalue weighted by Gasteiger charge is -2.29. The zero-order valence-corrected chi connectivity index (χ0v) is 15.8. The Morgan fingerprint density at radius 1 is 1.27 bits per heavy atom. The molecular formula is C19H22N4O2S. The maximum atomic E-state index is 12.5. The molecule has 26 heavy (non-hydrogen) atoms. The van der Waals surface area contributed by atoms with E-state index in [4.69, 9.17) is 4.42 Å². The number of piperidine rings is 1. The summed E-state index contributed by atoms with van der Waals surface area (Å²) in [6, 6.07) is 8.41. The van der Waals surface area contributed by atoms with Crippen LogP contribution in [0, 0.1) is 5.92 Å². The number of para-hydroxylation sites is 2. The summed E-state index contributed by atoms with van der Waals surface area (Å²) in [6.07, 6.45) is 1.57. The zero-order valence-electron chi connectivity index (χ0n) is 14.9. The first-order valence-corrected chi connectivity index (χ1v) is 9.85. The molecular weight excluding hydrogens is 348 g/mol. The van der Waals surface area contributed by atoms with E-state index in [-0.39, 0.29) is 11.8 Å². The van der Waals surface area contributed by atoms with Crippen LogP contribution in [0.15, 0.2) is 34.1 Å². The third-order valence-corrected chi connectivity index (χ3v) is 5.54. The third-order valence-electron chi connectivity index (χ3n) is 4.76. The minimum atomic E-state index is 0.00188. The van der Waals surface area contributed by atoms with Crippen molar-refractivity contribution in [3.8, 4) is 0 Å². The minimum absolute atomic E-state index is 0.00188.